The van der Waals surface area contributed by atoms with Gasteiger partial charge in [-0.15, -0.1) is 0 Å². The van der Waals surface area contributed by atoms with Crippen LogP contribution in [0.25, 0.3) is 0 Å². The van der Waals surface area contributed by atoms with Crippen LogP contribution in [0.2, 0.25) is 0 Å². The minimum atomic E-state index is -2.89. The van der Waals surface area contributed by atoms with E-state index < -0.39 is 9.84 Å². The van der Waals surface area contributed by atoms with Crippen LogP contribution in [0.3, 0.4) is 0 Å². The average Bonchev–Trinajstić information content (AvgIpc) is 3.28. The fourth-order valence-corrected chi connectivity index (χ4v) is 6.60. The molecule has 0 spiro atoms. The first kappa shape index (κ1) is 19.1. The number of ether oxygens (including phenoxy) is 2. The number of fused-ring (bicyclic) bond motifs is 1. The van der Waals surface area contributed by atoms with Gasteiger partial charge in [-0.05, 0) is 57.3 Å². The van der Waals surface area contributed by atoms with Gasteiger partial charge in [0, 0.05) is 31.4 Å². The Kier molecular flexibility index (Phi) is 5.91. The standard InChI is InChI=1S/C19H34N2O4S/c1-26(22,23)15-6-4-13(5-7-15)16-12-25-17-8-9-18(21-19(16)17)20-11-14-3-2-10-24-14/h13-21H,2-12H2,1H3. The van der Waals surface area contributed by atoms with Gasteiger partial charge in [0.1, 0.15) is 9.84 Å². The molecular formula is C19H34N2O4S. The zero-order valence-electron chi connectivity index (χ0n) is 15.9. The van der Waals surface area contributed by atoms with Crippen LogP contribution >= 0.6 is 0 Å². The lowest BCUT2D eigenvalue weighted by Crippen LogP contribution is -2.58. The van der Waals surface area contributed by atoms with E-state index in [4.69, 9.17) is 9.47 Å². The highest BCUT2D eigenvalue weighted by atomic mass is 32.2. The lowest BCUT2D eigenvalue weighted by atomic mass is 9.75. The van der Waals surface area contributed by atoms with E-state index in [9.17, 15) is 8.42 Å². The molecule has 150 valence electrons. The number of sulfone groups is 1. The number of rotatable bonds is 5. The van der Waals surface area contributed by atoms with E-state index in [1.54, 1.807) is 0 Å². The SMILES string of the molecule is CS(=O)(=O)C1CCC(C2COC3CCC(NCC4CCCO4)NC32)CC1. The van der Waals surface area contributed by atoms with Gasteiger partial charge in [-0.25, -0.2) is 8.42 Å². The van der Waals surface area contributed by atoms with Crippen LogP contribution in [0.4, 0.5) is 0 Å². The molecular weight excluding hydrogens is 352 g/mol. The highest BCUT2D eigenvalue weighted by Crippen LogP contribution is 2.40. The Bertz CT molecular complexity index is 570. The van der Waals surface area contributed by atoms with Crippen LogP contribution in [0.5, 0.6) is 0 Å². The molecule has 3 heterocycles. The van der Waals surface area contributed by atoms with Gasteiger partial charge in [0.05, 0.1) is 30.2 Å². The molecule has 4 fully saturated rings. The van der Waals surface area contributed by atoms with Crippen molar-refractivity contribution in [2.75, 3.05) is 26.0 Å². The summed E-state index contributed by atoms with van der Waals surface area (Å²) in [5.74, 6) is 1.11. The van der Waals surface area contributed by atoms with Crippen molar-refractivity contribution in [2.45, 2.75) is 81.0 Å². The van der Waals surface area contributed by atoms with Crippen molar-refractivity contribution in [3.05, 3.63) is 0 Å². The molecule has 6 nitrogen and oxygen atoms in total. The van der Waals surface area contributed by atoms with E-state index in [0.717, 1.165) is 58.3 Å². The van der Waals surface area contributed by atoms with Crippen molar-refractivity contribution >= 4 is 9.84 Å². The minimum Gasteiger partial charge on any atom is -0.377 e. The van der Waals surface area contributed by atoms with Gasteiger partial charge >= 0.3 is 0 Å². The molecule has 1 aliphatic carbocycles. The Morgan fingerprint density at radius 3 is 2.54 bits per heavy atom. The molecule has 1 saturated carbocycles. The molecule has 4 aliphatic rings. The molecule has 0 bridgehead atoms. The van der Waals surface area contributed by atoms with E-state index in [-0.39, 0.29) is 5.25 Å². The summed E-state index contributed by atoms with van der Waals surface area (Å²) in [5.41, 5.74) is 0. The van der Waals surface area contributed by atoms with Crippen LogP contribution in [-0.2, 0) is 19.3 Å². The zero-order valence-corrected chi connectivity index (χ0v) is 16.7. The van der Waals surface area contributed by atoms with Crippen molar-refractivity contribution in [1.82, 2.24) is 10.6 Å². The summed E-state index contributed by atoms with van der Waals surface area (Å²) in [4.78, 5) is 0. The summed E-state index contributed by atoms with van der Waals surface area (Å²) >= 11 is 0. The van der Waals surface area contributed by atoms with Crippen LogP contribution in [0, 0.1) is 11.8 Å². The minimum absolute atomic E-state index is 0.128. The first-order valence-corrected chi connectivity index (χ1v) is 12.4. The van der Waals surface area contributed by atoms with Gasteiger partial charge in [0.25, 0.3) is 0 Å². The van der Waals surface area contributed by atoms with E-state index in [1.165, 1.54) is 19.1 Å². The molecule has 5 atom stereocenters. The second-order valence-electron chi connectivity index (χ2n) is 8.77. The quantitative estimate of drug-likeness (QED) is 0.745. The second kappa shape index (κ2) is 8.03. The van der Waals surface area contributed by atoms with E-state index in [2.05, 4.69) is 10.6 Å². The van der Waals surface area contributed by atoms with Crippen molar-refractivity contribution in [2.24, 2.45) is 11.8 Å². The third kappa shape index (κ3) is 4.27. The first-order chi connectivity index (χ1) is 12.5. The molecule has 0 aromatic heterocycles. The third-order valence-corrected chi connectivity index (χ3v) is 8.73. The van der Waals surface area contributed by atoms with E-state index >= 15 is 0 Å². The maximum Gasteiger partial charge on any atom is 0.150 e. The second-order valence-corrected chi connectivity index (χ2v) is 11.1. The van der Waals surface area contributed by atoms with Gasteiger partial charge < -0.3 is 9.47 Å². The Hall–Kier alpha value is -0.210. The van der Waals surface area contributed by atoms with Crippen molar-refractivity contribution in [3.8, 4) is 0 Å². The van der Waals surface area contributed by atoms with Crippen LogP contribution in [-0.4, -0.2) is 64.1 Å². The summed E-state index contributed by atoms with van der Waals surface area (Å²) in [6.07, 6.45) is 10.7. The molecule has 7 heteroatoms. The highest BCUT2D eigenvalue weighted by Gasteiger charge is 2.45. The molecule has 0 aromatic rings. The predicted molar refractivity (Wildman–Crippen MR) is 101 cm³/mol. The molecule has 4 rings (SSSR count). The molecule has 0 aromatic carbocycles. The lowest BCUT2D eigenvalue weighted by Gasteiger charge is -2.39. The first-order valence-electron chi connectivity index (χ1n) is 10.4. The van der Waals surface area contributed by atoms with Gasteiger partial charge in [-0.2, -0.15) is 0 Å². The average molecular weight is 387 g/mol. The molecule has 0 radical (unpaired) electrons. The van der Waals surface area contributed by atoms with Crippen molar-refractivity contribution in [3.63, 3.8) is 0 Å². The van der Waals surface area contributed by atoms with Crippen molar-refractivity contribution in [1.29, 1.82) is 0 Å². The maximum atomic E-state index is 11.8. The molecule has 2 N–H and O–H groups in total. The predicted octanol–water partition coefficient (Wildman–Crippen LogP) is 1.45. The lowest BCUT2D eigenvalue weighted by molar-refractivity contribution is 0.0595. The number of nitrogens with one attached hydrogen (secondary N) is 2. The summed E-state index contributed by atoms with van der Waals surface area (Å²) in [7, 11) is -2.89. The summed E-state index contributed by atoms with van der Waals surface area (Å²) in [5, 5.41) is 7.35. The Morgan fingerprint density at radius 1 is 1.04 bits per heavy atom. The summed E-state index contributed by atoms with van der Waals surface area (Å²) < 4.78 is 35.5. The monoisotopic (exact) mass is 386 g/mol. The smallest absolute Gasteiger partial charge is 0.150 e. The van der Waals surface area contributed by atoms with Crippen LogP contribution in [0.15, 0.2) is 0 Å². The normalized spacial score (nSPS) is 44.1. The number of piperidine rings is 1. The number of hydrogen-bond acceptors (Lipinski definition) is 6. The van der Waals surface area contributed by atoms with Gasteiger partial charge in [0.15, 0.2) is 0 Å². The van der Waals surface area contributed by atoms with E-state index in [1.807, 2.05) is 0 Å². The van der Waals surface area contributed by atoms with Crippen LogP contribution < -0.4 is 10.6 Å². The fourth-order valence-electron chi connectivity index (χ4n) is 5.47. The topological polar surface area (TPSA) is 76.7 Å². The Labute approximate surface area is 157 Å². The fraction of sp³-hybridized carbons (Fsp3) is 1.00. The molecule has 3 saturated heterocycles. The van der Waals surface area contributed by atoms with Gasteiger partial charge in [0.2, 0.25) is 0 Å². The van der Waals surface area contributed by atoms with Gasteiger partial charge in [-0.1, -0.05) is 0 Å². The molecule has 3 aliphatic heterocycles. The molecule has 0 amide bonds. The largest absolute Gasteiger partial charge is 0.377 e. The van der Waals surface area contributed by atoms with Crippen LogP contribution in [0.1, 0.15) is 51.4 Å². The van der Waals surface area contributed by atoms with E-state index in [0.29, 0.717) is 36.3 Å². The molecule has 26 heavy (non-hydrogen) atoms. The zero-order chi connectivity index (χ0) is 18.1. The highest BCUT2D eigenvalue weighted by molar-refractivity contribution is 7.91. The number of hydrogen-bond donors (Lipinski definition) is 2. The van der Waals surface area contributed by atoms with Crippen molar-refractivity contribution < 1.29 is 17.9 Å². The summed E-state index contributed by atoms with van der Waals surface area (Å²) in [6, 6.07) is 0.408. The maximum absolute atomic E-state index is 11.8. The van der Waals surface area contributed by atoms with Gasteiger partial charge in [-0.3, -0.25) is 10.6 Å². The Balaban J connectivity index is 1.29. The Morgan fingerprint density at radius 2 is 1.85 bits per heavy atom. The third-order valence-electron chi connectivity index (χ3n) is 7.04. The summed E-state index contributed by atoms with van der Waals surface area (Å²) in [6.45, 7) is 2.66. The molecule has 5 unspecified atom stereocenters.